The largest absolute Gasteiger partial charge is 0.494 e. The van der Waals surface area contributed by atoms with Gasteiger partial charge in [-0.3, -0.25) is 0 Å². The minimum absolute atomic E-state index is 0.673. The van der Waals surface area contributed by atoms with Crippen LogP contribution in [0.3, 0.4) is 0 Å². The van der Waals surface area contributed by atoms with Crippen molar-refractivity contribution in [1.82, 2.24) is 0 Å². The maximum atomic E-state index is 5.47. The summed E-state index contributed by atoms with van der Waals surface area (Å²) in [4.78, 5) is 0. The normalized spacial score (nSPS) is 10.0. The van der Waals surface area contributed by atoms with Crippen molar-refractivity contribution in [1.29, 1.82) is 0 Å². The lowest BCUT2D eigenvalue weighted by Crippen LogP contribution is -1.97. The summed E-state index contributed by atoms with van der Waals surface area (Å²) < 4.78 is 11.9. The molecule has 0 bridgehead atoms. The zero-order valence-electron chi connectivity index (χ0n) is 8.76. The van der Waals surface area contributed by atoms with E-state index in [1.807, 2.05) is 32.9 Å². The van der Waals surface area contributed by atoms with E-state index in [0.717, 1.165) is 21.5 Å². The lowest BCUT2D eigenvalue weighted by Gasteiger charge is -2.11. The third kappa shape index (κ3) is 2.64. The molecule has 0 unspecified atom stereocenters. The van der Waals surface area contributed by atoms with Gasteiger partial charge in [0.1, 0.15) is 11.5 Å². The molecular formula is C11H15BrO2. The summed E-state index contributed by atoms with van der Waals surface area (Å²) in [5.74, 6) is 1.77. The maximum Gasteiger partial charge on any atom is 0.133 e. The smallest absolute Gasteiger partial charge is 0.133 e. The molecule has 0 spiro atoms. The first-order valence-electron chi connectivity index (χ1n) is 4.74. The van der Waals surface area contributed by atoms with Crippen LogP contribution in [0.1, 0.15) is 19.4 Å². The van der Waals surface area contributed by atoms with Crippen LogP contribution in [0.25, 0.3) is 0 Å². The fourth-order valence-electron chi connectivity index (χ4n) is 1.21. The summed E-state index contributed by atoms with van der Waals surface area (Å²) in [7, 11) is 0. The molecule has 3 heteroatoms. The first-order valence-corrected chi connectivity index (χ1v) is 5.54. The van der Waals surface area contributed by atoms with Gasteiger partial charge in [-0.2, -0.15) is 0 Å². The lowest BCUT2D eigenvalue weighted by atomic mass is 10.2. The van der Waals surface area contributed by atoms with Crippen LogP contribution in [0, 0.1) is 6.92 Å². The van der Waals surface area contributed by atoms with Crippen molar-refractivity contribution in [3.05, 3.63) is 22.2 Å². The van der Waals surface area contributed by atoms with Crippen LogP contribution in [0.4, 0.5) is 0 Å². The Labute approximate surface area is 93.4 Å². The van der Waals surface area contributed by atoms with E-state index >= 15 is 0 Å². The van der Waals surface area contributed by atoms with Crippen molar-refractivity contribution in [3.8, 4) is 11.5 Å². The molecule has 2 nitrogen and oxygen atoms in total. The average Bonchev–Trinajstić information content (AvgIpc) is 2.14. The highest BCUT2D eigenvalue weighted by molar-refractivity contribution is 9.10. The number of hydrogen-bond donors (Lipinski definition) is 0. The Morgan fingerprint density at radius 1 is 1.07 bits per heavy atom. The molecule has 0 amide bonds. The molecule has 0 N–H and O–H groups in total. The first kappa shape index (κ1) is 11.4. The molecule has 0 aromatic heterocycles. The average molecular weight is 259 g/mol. The van der Waals surface area contributed by atoms with Crippen LogP contribution < -0.4 is 9.47 Å². The standard InChI is InChI=1S/C11H15BrO2/c1-4-13-10-7-9(12)11(14-5-2)6-8(10)3/h6-7H,4-5H2,1-3H3. The quantitative estimate of drug-likeness (QED) is 0.823. The van der Waals surface area contributed by atoms with Gasteiger partial charge in [-0.15, -0.1) is 0 Å². The summed E-state index contributed by atoms with van der Waals surface area (Å²) in [5.41, 5.74) is 1.10. The van der Waals surface area contributed by atoms with Crippen molar-refractivity contribution in [2.24, 2.45) is 0 Å². The van der Waals surface area contributed by atoms with Crippen LogP contribution in [-0.4, -0.2) is 13.2 Å². The molecule has 0 saturated carbocycles. The summed E-state index contributed by atoms with van der Waals surface area (Å²) in [6.45, 7) is 7.31. The maximum absolute atomic E-state index is 5.47. The van der Waals surface area contributed by atoms with Gasteiger partial charge in [0.2, 0.25) is 0 Å². The van der Waals surface area contributed by atoms with Gasteiger partial charge < -0.3 is 9.47 Å². The van der Waals surface area contributed by atoms with E-state index in [0.29, 0.717) is 13.2 Å². The van der Waals surface area contributed by atoms with Crippen LogP contribution in [0.2, 0.25) is 0 Å². The zero-order chi connectivity index (χ0) is 10.6. The van der Waals surface area contributed by atoms with Crippen LogP contribution >= 0.6 is 15.9 Å². The SMILES string of the molecule is CCOc1cc(Br)c(OCC)cc1C. The van der Waals surface area contributed by atoms with E-state index in [1.54, 1.807) is 0 Å². The number of hydrogen-bond acceptors (Lipinski definition) is 2. The number of benzene rings is 1. The van der Waals surface area contributed by atoms with Gasteiger partial charge >= 0.3 is 0 Å². The predicted molar refractivity (Wildman–Crippen MR) is 61.2 cm³/mol. The highest BCUT2D eigenvalue weighted by Crippen LogP contribution is 2.32. The fourth-order valence-corrected chi connectivity index (χ4v) is 1.65. The minimum Gasteiger partial charge on any atom is -0.494 e. The van der Waals surface area contributed by atoms with E-state index in [1.165, 1.54) is 0 Å². The van der Waals surface area contributed by atoms with E-state index in [9.17, 15) is 0 Å². The van der Waals surface area contributed by atoms with Crippen molar-refractivity contribution < 1.29 is 9.47 Å². The molecule has 14 heavy (non-hydrogen) atoms. The number of aryl methyl sites for hydroxylation is 1. The Morgan fingerprint density at radius 2 is 1.64 bits per heavy atom. The molecule has 1 rings (SSSR count). The Balaban J connectivity index is 2.97. The van der Waals surface area contributed by atoms with Crippen LogP contribution in [0.15, 0.2) is 16.6 Å². The number of ether oxygens (including phenoxy) is 2. The second-order valence-corrected chi connectivity index (χ2v) is 3.77. The summed E-state index contributed by atoms with van der Waals surface area (Å²) in [5, 5.41) is 0. The molecule has 0 fully saturated rings. The van der Waals surface area contributed by atoms with Crippen molar-refractivity contribution in [3.63, 3.8) is 0 Å². The molecular weight excluding hydrogens is 244 g/mol. The van der Waals surface area contributed by atoms with Crippen LogP contribution in [0.5, 0.6) is 11.5 Å². The highest BCUT2D eigenvalue weighted by Gasteiger charge is 2.06. The molecule has 0 aliphatic carbocycles. The lowest BCUT2D eigenvalue weighted by molar-refractivity contribution is 0.327. The van der Waals surface area contributed by atoms with E-state index in [2.05, 4.69) is 15.9 Å². The fraction of sp³-hybridized carbons (Fsp3) is 0.455. The number of rotatable bonds is 4. The van der Waals surface area contributed by atoms with Crippen LogP contribution in [-0.2, 0) is 0 Å². The Hall–Kier alpha value is -0.700. The topological polar surface area (TPSA) is 18.5 Å². The van der Waals surface area contributed by atoms with Crippen molar-refractivity contribution >= 4 is 15.9 Å². The molecule has 0 heterocycles. The Morgan fingerprint density at radius 3 is 2.21 bits per heavy atom. The Kier molecular flexibility index (Phi) is 4.26. The van der Waals surface area contributed by atoms with Gasteiger partial charge in [0.25, 0.3) is 0 Å². The molecule has 78 valence electrons. The number of halogens is 1. The van der Waals surface area contributed by atoms with Gasteiger partial charge in [0, 0.05) is 0 Å². The molecule has 1 aromatic carbocycles. The van der Waals surface area contributed by atoms with Gasteiger partial charge in [-0.1, -0.05) is 0 Å². The van der Waals surface area contributed by atoms with E-state index in [-0.39, 0.29) is 0 Å². The van der Waals surface area contributed by atoms with E-state index < -0.39 is 0 Å². The zero-order valence-corrected chi connectivity index (χ0v) is 10.3. The molecule has 0 aliphatic heterocycles. The second kappa shape index (κ2) is 5.25. The minimum atomic E-state index is 0.673. The van der Waals surface area contributed by atoms with Gasteiger partial charge in [0.05, 0.1) is 17.7 Å². The first-order chi connectivity index (χ1) is 6.69. The summed E-state index contributed by atoms with van der Waals surface area (Å²) >= 11 is 3.45. The molecule has 0 radical (unpaired) electrons. The van der Waals surface area contributed by atoms with Gasteiger partial charge in [-0.05, 0) is 54.4 Å². The monoisotopic (exact) mass is 258 g/mol. The molecule has 0 aliphatic rings. The summed E-state index contributed by atoms with van der Waals surface area (Å²) in [6.07, 6.45) is 0. The second-order valence-electron chi connectivity index (χ2n) is 2.91. The summed E-state index contributed by atoms with van der Waals surface area (Å²) in [6, 6.07) is 3.93. The Bertz CT molecular complexity index is 279. The third-order valence-electron chi connectivity index (χ3n) is 1.83. The van der Waals surface area contributed by atoms with Gasteiger partial charge in [-0.25, -0.2) is 0 Å². The molecule has 0 atom stereocenters. The van der Waals surface area contributed by atoms with Crippen molar-refractivity contribution in [2.75, 3.05) is 13.2 Å². The third-order valence-corrected chi connectivity index (χ3v) is 2.45. The molecule has 1 aromatic rings. The van der Waals surface area contributed by atoms with E-state index in [4.69, 9.17) is 9.47 Å². The predicted octanol–water partition coefficient (Wildman–Crippen LogP) is 3.55. The van der Waals surface area contributed by atoms with Gasteiger partial charge in [0.15, 0.2) is 0 Å². The highest BCUT2D eigenvalue weighted by atomic mass is 79.9. The van der Waals surface area contributed by atoms with Crippen molar-refractivity contribution in [2.45, 2.75) is 20.8 Å². The molecule has 0 saturated heterocycles.